The molecule has 0 spiro atoms. The summed E-state index contributed by atoms with van der Waals surface area (Å²) in [5.74, 6) is -0.109. The lowest BCUT2D eigenvalue weighted by molar-refractivity contribution is -0.120. The standard InChI is InChI=1S/C9H14N2O2S/c1-10-5-9(13)11-4-8(12)7-2-3-14-6-7/h2-3,6,8,10,12H,4-5H2,1H3,(H,11,13). The molecule has 3 N–H and O–H groups in total. The van der Waals surface area contributed by atoms with Crippen molar-refractivity contribution < 1.29 is 9.90 Å². The van der Waals surface area contributed by atoms with Crippen molar-refractivity contribution in [1.29, 1.82) is 0 Å². The molecule has 1 heterocycles. The number of nitrogens with one attached hydrogen (secondary N) is 2. The molecule has 1 aromatic heterocycles. The topological polar surface area (TPSA) is 61.4 Å². The molecule has 0 bridgehead atoms. The fourth-order valence-corrected chi connectivity index (χ4v) is 1.72. The van der Waals surface area contributed by atoms with E-state index in [-0.39, 0.29) is 19.0 Å². The molecule has 78 valence electrons. The maximum Gasteiger partial charge on any atom is 0.234 e. The van der Waals surface area contributed by atoms with Crippen molar-refractivity contribution in [3.63, 3.8) is 0 Å². The Labute approximate surface area is 87.0 Å². The quantitative estimate of drug-likeness (QED) is 0.652. The zero-order valence-electron chi connectivity index (χ0n) is 7.99. The van der Waals surface area contributed by atoms with E-state index in [1.165, 1.54) is 11.3 Å². The van der Waals surface area contributed by atoms with Crippen LogP contribution in [0, 0.1) is 0 Å². The first-order chi connectivity index (χ1) is 6.74. The summed E-state index contributed by atoms with van der Waals surface area (Å²) in [7, 11) is 1.70. The predicted molar refractivity (Wildman–Crippen MR) is 56.2 cm³/mol. The van der Waals surface area contributed by atoms with Gasteiger partial charge in [0.15, 0.2) is 0 Å². The van der Waals surface area contributed by atoms with Crippen LogP contribution in [-0.2, 0) is 4.79 Å². The zero-order valence-corrected chi connectivity index (χ0v) is 8.80. The van der Waals surface area contributed by atoms with Crippen molar-refractivity contribution >= 4 is 17.2 Å². The van der Waals surface area contributed by atoms with Gasteiger partial charge in [0.1, 0.15) is 0 Å². The molecule has 1 aromatic rings. The smallest absolute Gasteiger partial charge is 0.234 e. The molecule has 1 rings (SSSR count). The zero-order chi connectivity index (χ0) is 10.4. The molecule has 0 aliphatic carbocycles. The number of rotatable bonds is 5. The first-order valence-corrected chi connectivity index (χ1v) is 5.29. The van der Waals surface area contributed by atoms with Crippen molar-refractivity contribution in [1.82, 2.24) is 10.6 Å². The fraction of sp³-hybridized carbons (Fsp3) is 0.444. The van der Waals surface area contributed by atoms with Gasteiger partial charge in [0.05, 0.1) is 12.6 Å². The first-order valence-electron chi connectivity index (χ1n) is 4.35. The Kier molecular flexibility index (Phi) is 4.58. The highest BCUT2D eigenvalue weighted by Gasteiger charge is 2.08. The van der Waals surface area contributed by atoms with Crippen molar-refractivity contribution in [3.8, 4) is 0 Å². The lowest BCUT2D eigenvalue weighted by Gasteiger charge is -2.10. The molecule has 0 saturated heterocycles. The van der Waals surface area contributed by atoms with Gasteiger partial charge in [-0.2, -0.15) is 11.3 Å². The first kappa shape index (κ1) is 11.2. The number of carbonyl (C=O) groups is 1. The van der Waals surface area contributed by atoms with Crippen molar-refractivity contribution in [3.05, 3.63) is 22.4 Å². The van der Waals surface area contributed by atoms with Crippen LogP contribution >= 0.6 is 11.3 Å². The molecule has 0 radical (unpaired) electrons. The summed E-state index contributed by atoms with van der Waals surface area (Å²) >= 11 is 1.53. The summed E-state index contributed by atoms with van der Waals surface area (Å²) in [6, 6.07) is 1.85. The molecule has 0 aromatic carbocycles. The molecule has 1 unspecified atom stereocenters. The van der Waals surface area contributed by atoms with Gasteiger partial charge in [-0.15, -0.1) is 0 Å². The van der Waals surface area contributed by atoms with Crippen LogP contribution < -0.4 is 10.6 Å². The summed E-state index contributed by atoms with van der Waals surface area (Å²) in [6.45, 7) is 0.535. The molecule has 4 nitrogen and oxygen atoms in total. The van der Waals surface area contributed by atoms with Crippen LogP contribution in [0.3, 0.4) is 0 Å². The van der Waals surface area contributed by atoms with Crippen LogP contribution in [0.5, 0.6) is 0 Å². The molecule has 0 aliphatic heterocycles. The fourth-order valence-electron chi connectivity index (χ4n) is 1.02. The van der Waals surface area contributed by atoms with E-state index in [0.29, 0.717) is 0 Å². The normalized spacial score (nSPS) is 12.4. The monoisotopic (exact) mass is 214 g/mol. The van der Waals surface area contributed by atoms with Crippen LogP contribution in [0.1, 0.15) is 11.7 Å². The van der Waals surface area contributed by atoms with Crippen LogP contribution in [0.2, 0.25) is 0 Å². The van der Waals surface area contributed by atoms with Gasteiger partial charge in [-0.25, -0.2) is 0 Å². The van der Waals surface area contributed by atoms with E-state index in [1.54, 1.807) is 7.05 Å². The summed E-state index contributed by atoms with van der Waals surface area (Å²) < 4.78 is 0. The van der Waals surface area contributed by atoms with Crippen LogP contribution in [-0.4, -0.2) is 31.2 Å². The van der Waals surface area contributed by atoms with E-state index in [2.05, 4.69) is 10.6 Å². The second-order valence-corrected chi connectivity index (χ2v) is 3.69. The van der Waals surface area contributed by atoms with Gasteiger partial charge >= 0.3 is 0 Å². The average Bonchev–Trinajstić information content (AvgIpc) is 2.67. The lowest BCUT2D eigenvalue weighted by atomic mass is 10.2. The summed E-state index contributed by atoms with van der Waals surface area (Å²) in [5, 5.41) is 18.7. The Balaban J connectivity index is 2.28. The van der Waals surface area contributed by atoms with Gasteiger partial charge in [0.25, 0.3) is 0 Å². The third kappa shape index (κ3) is 3.45. The van der Waals surface area contributed by atoms with E-state index >= 15 is 0 Å². The minimum Gasteiger partial charge on any atom is -0.387 e. The number of hydrogen-bond acceptors (Lipinski definition) is 4. The van der Waals surface area contributed by atoms with Crippen molar-refractivity contribution in [2.24, 2.45) is 0 Å². The number of aliphatic hydroxyl groups is 1. The van der Waals surface area contributed by atoms with E-state index in [9.17, 15) is 9.90 Å². The van der Waals surface area contributed by atoms with E-state index in [1.807, 2.05) is 16.8 Å². The van der Waals surface area contributed by atoms with Gasteiger partial charge in [-0.05, 0) is 29.4 Å². The highest BCUT2D eigenvalue weighted by atomic mass is 32.1. The van der Waals surface area contributed by atoms with Gasteiger partial charge in [0.2, 0.25) is 5.91 Å². The number of aliphatic hydroxyl groups excluding tert-OH is 1. The minimum atomic E-state index is -0.609. The van der Waals surface area contributed by atoms with Gasteiger partial charge < -0.3 is 15.7 Å². The van der Waals surface area contributed by atoms with Gasteiger partial charge in [0, 0.05) is 6.54 Å². The second-order valence-electron chi connectivity index (χ2n) is 2.91. The largest absolute Gasteiger partial charge is 0.387 e. The predicted octanol–water partition coefficient (Wildman–Crippen LogP) is 0.117. The molecule has 5 heteroatoms. The van der Waals surface area contributed by atoms with Crippen LogP contribution in [0.15, 0.2) is 16.8 Å². The van der Waals surface area contributed by atoms with E-state index in [0.717, 1.165) is 5.56 Å². The Morgan fingerprint density at radius 1 is 1.71 bits per heavy atom. The average molecular weight is 214 g/mol. The molecule has 0 saturated carbocycles. The molecule has 1 atom stereocenters. The third-order valence-electron chi connectivity index (χ3n) is 1.76. The van der Waals surface area contributed by atoms with Gasteiger partial charge in [-0.1, -0.05) is 0 Å². The molecule has 1 amide bonds. The number of hydrogen-bond donors (Lipinski definition) is 3. The number of likely N-dealkylation sites (N-methyl/N-ethyl adjacent to an activating group) is 1. The minimum absolute atomic E-state index is 0.109. The van der Waals surface area contributed by atoms with E-state index < -0.39 is 6.10 Å². The lowest BCUT2D eigenvalue weighted by Crippen LogP contribution is -2.34. The third-order valence-corrected chi connectivity index (χ3v) is 2.46. The Hall–Kier alpha value is -0.910. The maximum atomic E-state index is 11.0. The molecule has 0 aliphatic rings. The second kappa shape index (κ2) is 5.74. The Bertz CT molecular complexity index is 274. The Morgan fingerprint density at radius 3 is 3.07 bits per heavy atom. The number of carbonyl (C=O) groups excluding carboxylic acids is 1. The SMILES string of the molecule is CNCC(=O)NCC(O)c1ccsc1. The molecule has 0 fully saturated rings. The highest BCUT2D eigenvalue weighted by Crippen LogP contribution is 2.14. The van der Waals surface area contributed by atoms with Gasteiger partial charge in [-0.3, -0.25) is 4.79 Å². The highest BCUT2D eigenvalue weighted by molar-refractivity contribution is 7.07. The van der Waals surface area contributed by atoms with Crippen LogP contribution in [0.25, 0.3) is 0 Å². The van der Waals surface area contributed by atoms with Crippen molar-refractivity contribution in [2.75, 3.05) is 20.1 Å². The molecule has 14 heavy (non-hydrogen) atoms. The number of amides is 1. The summed E-state index contributed by atoms with van der Waals surface area (Å²) in [5.41, 5.74) is 0.847. The van der Waals surface area contributed by atoms with Crippen LogP contribution in [0.4, 0.5) is 0 Å². The summed E-state index contributed by atoms with van der Waals surface area (Å²) in [4.78, 5) is 11.0. The summed E-state index contributed by atoms with van der Waals surface area (Å²) in [6.07, 6.45) is -0.609. The van der Waals surface area contributed by atoms with Crippen molar-refractivity contribution in [2.45, 2.75) is 6.10 Å². The molecular weight excluding hydrogens is 200 g/mol. The Morgan fingerprint density at radius 2 is 2.50 bits per heavy atom. The maximum absolute atomic E-state index is 11.0. The number of thiophene rings is 1. The molecular formula is C9H14N2O2S. The van der Waals surface area contributed by atoms with E-state index in [4.69, 9.17) is 0 Å².